The molecule has 0 radical (unpaired) electrons. The molecule has 86 valence electrons. The third-order valence-electron chi connectivity index (χ3n) is 2.17. The van der Waals surface area contributed by atoms with Gasteiger partial charge in [-0.25, -0.2) is 4.79 Å². The van der Waals surface area contributed by atoms with E-state index in [4.69, 9.17) is 4.74 Å². The predicted octanol–water partition coefficient (Wildman–Crippen LogP) is -0.187. The number of imidazole rings is 1. The normalized spacial score (nSPS) is 10.8. The fourth-order valence-electron chi connectivity index (χ4n) is 1.29. The van der Waals surface area contributed by atoms with Crippen LogP contribution in [0.2, 0.25) is 0 Å². The summed E-state index contributed by atoms with van der Waals surface area (Å²) in [6.45, 7) is 5.77. The largest absolute Gasteiger partial charge is 0.380 e. The third-order valence-corrected chi connectivity index (χ3v) is 2.17. The quantitative estimate of drug-likeness (QED) is 0.639. The average Bonchev–Trinajstić information content (AvgIpc) is 2.54. The highest BCUT2D eigenvalue weighted by molar-refractivity contribution is 4.79. The van der Waals surface area contributed by atoms with Crippen LogP contribution in [0.4, 0.5) is 0 Å². The molecule has 1 heterocycles. The Morgan fingerprint density at radius 3 is 2.80 bits per heavy atom. The van der Waals surface area contributed by atoms with Crippen LogP contribution in [0, 0.1) is 0 Å². The van der Waals surface area contributed by atoms with Crippen molar-refractivity contribution in [3.63, 3.8) is 0 Å². The molecule has 0 aliphatic heterocycles. The molecular weight excluding hydrogens is 194 g/mol. The van der Waals surface area contributed by atoms with Crippen LogP contribution in [-0.2, 0) is 18.3 Å². The van der Waals surface area contributed by atoms with Gasteiger partial charge in [-0.3, -0.25) is 4.57 Å². The molecule has 0 bridgehead atoms. The number of hydrogen-bond acceptors (Lipinski definition) is 3. The standard InChI is InChI=1S/C10H19N3O2/c1-3-15-9-5-11-4-6-13-8-7-12(2)10(13)14/h7-8,11H,3-6,9H2,1-2H3. The molecule has 0 atom stereocenters. The molecule has 15 heavy (non-hydrogen) atoms. The van der Waals surface area contributed by atoms with E-state index in [1.54, 1.807) is 28.6 Å². The summed E-state index contributed by atoms with van der Waals surface area (Å²) in [5, 5.41) is 3.21. The van der Waals surface area contributed by atoms with E-state index in [2.05, 4.69) is 5.32 Å². The fourth-order valence-corrected chi connectivity index (χ4v) is 1.29. The molecule has 1 N–H and O–H groups in total. The zero-order chi connectivity index (χ0) is 11.1. The maximum Gasteiger partial charge on any atom is 0.327 e. The van der Waals surface area contributed by atoms with Crippen molar-refractivity contribution >= 4 is 0 Å². The monoisotopic (exact) mass is 213 g/mol. The van der Waals surface area contributed by atoms with Gasteiger partial charge in [-0.2, -0.15) is 0 Å². The second-order valence-corrected chi connectivity index (χ2v) is 3.33. The van der Waals surface area contributed by atoms with Gasteiger partial charge in [-0.1, -0.05) is 0 Å². The van der Waals surface area contributed by atoms with Crippen LogP contribution in [0.15, 0.2) is 17.2 Å². The second-order valence-electron chi connectivity index (χ2n) is 3.33. The highest BCUT2D eigenvalue weighted by atomic mass is 16.5. The SMILES string of the molecule is CCOCCNCCn1ccn(C)c1=O. The summed E-state index contributed by atoms with van der Waals surface area (Å²) in [7, 11) is 1.75. The van der Waals surface area contributed by atoms with Gasteiger partial charge in [0.05, 0.1) is 6.61 Å². The number of nitrogens with zero attached hydrogens (tertiary/aromatic N) is 2. The van der Waals surface area contributed by atoms with Crippen LogP contribution in [0.1, 0.15) is 6.92 Å². The second kappa shape index (κ2) is 6.42. The van der Waals surface area contributed by atoms with Gasteiger partial charge in [-0.15, -0.1) is 0 Å². The van der Waals surface area contributed by atoms with E-state index in [0.29, 0.717) is 6.54 Å². The molecular formula is C10H19N3O2. The van der Waals surface area contributed by atoms with Gasteiger partial charge in [0, 0.05) is 45.7 Å². The topological polar surface area (TPSA) is 48.2 Å². The summed E-state index contributed by atoms with van der Waals surface area (Å²) < 4.78 is 8.44. The summed E-state index contributed by atoms with van der Waals surface area (Å²) in [6.07, 6.45) is 3.56. The fraction of sp³-hybridized carbons (Fsp3) is 0.700. The molecule has 1 aromatic rings. The predicted molar refractivity (Wildman–Crippen MR) is 59.0 cm³/mol. The Hall–Kier alpha value is -1.07. The van der Waals surface area contributed by atoms with Gasteiger partial charge in [-0.05, 0) is 6.92 Å². The molecule has 1 rings (SSSR count). The molecule has 0 fully saturated rings. The van der Waals surface area contributed by atoms with Gasteiger partial charge in [0.1, 0.15) is 0 Å². The van der Waals surface area contributed by atoms with Crippen molar-refractivity contribution in [2.75, 3.05) is 26.3 Å². The van der Waals surface area contributed by atoms with E-state index in [-0.39, 0.29) is 5.69 Å². The highest BCUT2D eigenvalue weighted by Gasteiger charge is 1.97. The van der Waals surface area contributed by atoms with E-state index in [1.807, 2.05) is 6.92 Å². The Bertz CT molecular complexity index is 330. The molecule has 0 aliphatic rings. The minimum Gasteiger partial charge on any atom is -0.380 e. The zero-order valence-electron chi connectivity index (χ0n) is 9.40. The lowest BCUT2D eigenvalue weighted by Gasteiger charge is -2.04. The highest BCUT2D eigenvalue weighted by Crippen LogP contribution is 1.81. The minimum atomic E-state index is 0.0293. The first-order valence-electron chi connectivity index (χ1n) is 5.26. The van der Waals surface area contributed by atoms with E-state index in [0.717, 1.165) is 26.3 Å². The molecule has 5 nitrogen and oxygen atoms in total. The van der Waals surface area contributed by atoms with Crippen molar-refractivity contribution in [1.29, 1.82) is 0 Å². The number of ether oxygens (including phenoxy) is 1. The lowest BCUT2D eigenvalue weighted by molar-refractivity contribution is 0.149. The number of aromatic nitrogens is 2. The van der Waals surface area contributed by atoms with E-state index in [9.17, 15) is 4.79 Å². The van der Waals surface area contributed by atoms with Crippen LogP contribution in [0.5, 0.6) is 0 Å². The molecule has 0 amide bonds. The summed E-state index contributed by atoms with van der Waals surface area (Å²) in [5.74, 6) is 0. The minimum absolute atomic E-state index is 0.0293. The zero-order valence-corrected chi connectivity index (χ0v) is 9.40. The first-order valence-corrected chi connectivity index (χ1v) is 5.26. The third kappa shape index (κ3) is 3.89. The van der Waals surface area contributed by atoms with E-state index in [1.165, 1.54) is 0 Å². The molecule has 1 aromatic heterocycles. The van der Waals surface area contributed by atoms with Crippen LogP contribution in [-0.4, -0.2) is 35.4 Å². The van der Waals surface area contributed by atoms with Crippen molar-refractivity contribution in [2.24, 2.45) is 7.05 Å². The Morgan fingerprint density at radius 1 is 1.40 bits per heavy atom. The molecule has 0 aliphatic carbocycles. The molecule has 5 heteroatoms. The van der Waals surface area contributed by atoms with Gasteiger partial charge >= 0.3 is 5.69 Å². The first kappa shape index (κ1) is 12.0. The Morgan fingerprint density at radius 2 is 2.20 bits per heavy atom. The van der Waals surface area contributed by atoms with Crippen molar-refractivity contribution in [1.82, 2.24) is 14.5 Å². The Kier molecular flexibility index (Phi) is 5.14. The van der Waals surface area contributed by atoms with Gasteiger partial charge in [0.25, 0.3) is 0 Å². The molecule has 0 spiro atoms. The van der Waals surface area contributed by atoms with Crippen molar-refractivity contribution in [3.05, 3.63) is 22.9 Å². The van der Waals surface area contributed by atoms with Gasteiger partial charge < -0.3 is 14.6 Å². The smallest absolute Gasteiger partial charge is 0.327 e. The molecule has 0 saturated carbocycles. The van der Waals surface area contributed by atoms with Crippen molar-refractivity contribution in [3.8, 4) is 0 Å². The summed E-state index contributed by atoms with van der Waals surface area (Å²) in [4.78, 5) is 11.4. The summed E-state index contributed by atoms with van der Waals surface area (Å²) >= 11 is 0. The van der Waals surface area contributed by atoms with Crippen LogP contribution in [0.3, 0.4) is 0 Å². The number of aryl methyl sites for hydroxylation is 1. The number of rotatable bonds is 7. The molecule has 0 aromatic carbocycles. The van der Waals surface area contributed by atoms with Crippen molar-refractivity contribution in [2.45, 2.75) is 13.5 Å². The van der Waals surface area contributed by atoms with Gasteiger partial charge in [0.15, 0.2) is 0 Å². The maximum absolute atomic E-state index is 11.4. The summed E-state index contributed by atoms with van der Waals surface area (Å²) in [6, 6.07) is 0. The Balaban J connectivity index is 2.15. The molecule has 0 saturated heterocycles. The van der Waals surface area contributed by atoms with Crippen LogP contribution < -0.4 is 11.0 Å². The first-order chi connectivity index (χ1) is 7.25. The Labute approximate surface area is 89.7 Å². The lowest BCUT2D eigenvalue weighted by atomic mass is 10.5. The van der Waals surface area contributed by atoms with Crippen LogP contribution in [0.25, 0.3) is 0 Å². The summed E-state index contributed by atoms with van der Waals surface area (Å²) in [5.41, 5.74) is 0.0293. The molecule has 0 unspecified atom stereocenters. The maximum atomic E-state index is 11.4. The van der Waals surface area contributed by atoms with Gasteiger partial charge in [0.2, 0.25) is 0 Å². The number of nitrogens with one attached hydrogen (secondary N) is 1. The van der Waals surface area contributed by atoms with E-state index < -0.39 is 0 Å². The number of hydrogen-bond donors (Lipinski definition) is 1. The van der Waals surface area contributed by atoms with E-state index >= 15 is 0 Å². The van der Waals surface area contributed by atoms with Crippen LogP contribution >= 0.6 is 0 Å². The van der Waals surface area contributed by atoms with Crippen molar-refractivity contribution < 1.29 is 4.74 Å². The average molecular weight is 213 g/mol. The lowest BCUT2D eigenvalue weighted by Crippen LogP contribution is -2.29.